The zero-order chi connectivity index (χ0) is 24.9. The van der Waals surface area contributed by atoms with E-state index in [1.54, 1.807) is 31.2 Å². The predicted molar refractivity (Wildman–Crippen MR) is 146 cm³/mol. The number of hydrogen-bond donors (Lipinski definition) is 1. The lowest BCUT2D eigenvalue weighted by molar-refractivity contribution is -0.139. The molecule has 0 heterocycles. The Morgan fingerprint density at radius 3 is 2.24 bits per heavy atom. The molecular weight excluding hydrogens is 633 g/mol. The number of rotatable bonds is 9. The first kappa shape index (κ1) is 26.9. The number of amides is 2. The van der Waals surface area contributed by atoms with Crippen molar-refractivity contribution >= 4 is 66.0 Å². The van der Waals surface area contributed by atoms with E-state index in [4.69, 9.17) is 0 Å². The molecule has 0 saturated heterocycles. The fourth-order valence-corrected chi connectivity index (χ4v) is 5.46. The van der Waals surface area contributed by atoms with Gasteiger partial charge in [0.25, 0.3) is 0 Å². The summed E-state index contributed by atoms with van der Waals surface area (Å²) in [6, 6.07) is 13.8. The standard InChI is InChI=1S/C24H29BrIN3O4S/c1-17(24(31)27-21-5-3-4-6-21)28(15-18-7-9-19(25)10-8-18)23(30)16-29(34(2,32)33)22-13-11-20(26)12-14-22/h7-14,17,21H,3-6,15-16H2,1-2H3,(H,27,31)/t17-/m1/s1. The van der Waals surface area contributed by atoms with Gasteiger partial charge in [0.1, 0.15) is 12.6 Å². The zero-order valence-electron chi connectivity index (χ0n) is 19.2. The molecule has 184 valence electrons. The Morgan fingerprint density at radius 1 is 1.09 bits per heavy atom. The number of benzene rings is 2. The smallest absolute Gasteiger partial charge is 0.244 e. The largest absolute Gasteiger partial charge is 0.352 e. The van der Waals surface area contributed by atoms with Gasteiger partial charge in [-0.1, -0.05) is 40.9 Å². The first-order valence-electron chi connectivity index (χ1n) is 11.1. The van der Waals surface area contributed by atoms with Crippen LogP contribution in [0.25, 0.3) is 0 Å². The Morgan fingerprint density at radius 2 is 1.68 bits per heavy atom. The maximum absolute atomic E-state index is 13.5. The summed E-state index contributed by atoms with van der Waals surface area (Å²) in [5, 5.41) is 3.06. The van der Waals surface area contributed by atoms with E-state index in [1.807, 2.05) is 24.3 Å². The minimum atomic E-state index is -3.73. The molecule has 1 fully saturated rings. The quantitative estimate of drug-likeness (QED) is 0.406. The van der Waals surface area contributed by atoms with Crippen LogP contribution in [0.5, 0.6) is 0 Å². The second-order valence-corrected chi connectivity index (χ2v) is 12.6. The van der Waals surface area contributed by atoms with E-state index in [9.17, 15) is 18.0 Å². The van der Waals surface area contributed by atoms with E-state index >= 15 is 0 Å². The summed E-state index contributed by atoms with van der Waals surface area (Å²) >= 11 is 5.55. The maximum Gasteiger partial charge on any atom is 0.244 e. The van der Waals surface area contributed by atoms with Gasteiger partial charge in [-0.3, -0.25) is 13.9 Å². The lowest BCUT2D eigenvalue weighted by Crippen LogP contribution is -2.52. The van der Waals surface area contributed by atoms with E-state index in [0.717, 1.165) is 49.9 Å². The number of carbonyl (C=O) groups excluding carboxylic acids is 2. The average Bonchev–Trinajstić information content (AvgIpc) is 3.29. The minimum Gasteiger partial charge on any atom is -0.352 e. The van der Waals surface area contributed by atoms with Gasteiger partial charge in [-0.2, -0.15) is 0 Å². The van der Waals surface area contributed by atoms with Crippen molar-refractivity contribution in [1.82, 2.24) is 10.2 Å². The van der Waals surface area contributed by atoms with Gasteiger partial charge >= 0.3 is 0 Å². The molecule has 3 rings (SSSR count). The highest BCUT2D eigenvalue weighted by Gasteiger charge is 2.31. The number of anilines is 1. The van der Waals surface area contributed by atoms with Crippen LogP contribution in [-0.4, -0.2) is 50.0 Å². The third-order valence-corrected chi connectivity index (χ3v) is 8.32. The molecule has 7 nitrogen and oxygen atoms in total. The van der Waals surface area contributed by atoms with Crippen LogP contribution in [0.1, 0.15) is 38.2 Å². The van der Waals surface area contributed by atoms with Crippen molar-refractivity contribution in [2.24, 2.45) is 0 Å². The second kappa shape index (κ2) is 11.9. The predicted octanol–water partition coefficient (Wildman–Crippen LogP) is 4.30. The van der Waals surface area contributed by atoms with Crippen molar-refractivity contribution in [1.29, 1.82) is 0 Å². The van der Waals surface area contributed by atoms with Crippen LogP contribution in [0.15, 0.2) is 53.0 Å². The minimum absolute atomic E-state index is 0.124. The molecule has 1 aliphatic rings. The van der Waals surface area contributed by atoms with Gasteiger partial charge < -0.3 is 10.2 Å². The molecule has 0 unspecified atom stereocenters. The maximum atomic E-state index is 13.5. The molecule has 0 spiro atoms. The van der Waals surface area contributed by atoms with Crippen molar-refractivity contribution in [2.45, 2.75) is 51.2 Å². The molecule has 1 saturated carbocycles. The fourth-order valence-electron chi connectivity index (χ4n) is 3.98. The van der Waals surface area contributed by atoms with Crippen LogP contribution < -0.4 is 9.62 Å². The Hall–Kier alpha value is -1.66. The monoisotopic (exact) mass is 661 g/mol. The highest BCUT2D eigenvalue weighted by molar-refractivity contribution is 14.1. The fraction of sp³-hybridized carbons (Fsp3) is 0.417. The molecule has 1 N–H and O–H groups in total. The highest BCUT2D eigenvalue weighted by atomic mass is 127. The van der Waals surface area contributed by atoms with Gasteiger partial charge in [0, 0.05) is 20.6 Å². The van der Waals surface area contributed by atoms with Crippen molar-refractivity contribution < 1.29 is 18.0 Å². The summed E-state index contributed by atoms with van der Waals surface area (Å²) in [6.45, 7) is 1.49. The van der Waals surface area contributed by atoms with Crippen molar-refractivity contribution in [3.63, 3.8) is 0 Å². The SMILES string of the molecule is C[C@H](C(=O)NC1CCCC1)N(Cc1ccc(Br)cc1)C(=O)CN(c1ccc(I)cc1)S(C)(=O)=O. The van der Waals surface area contributed by atoms with E-state index in [0.29, 0.717) is 5.69 Å². The van der Waals surface area contributed by atoms with E-state index in [2.05, 4.69) is 43.8 Å². The van der Waals surface area contributed by atoms with Crippen molar-refractivity contribution in [3.8, 4) is 0 Å². The highest BCUT2D eigenvalue weighted by Crippen LogP contribution is 2.22. The molecule has 1 atom stereocenters. The number of hydrogen-bond acceptors (Lipinski definition) is 4. The number of carbonyl (C=O) groups is 2. The molecular formula is C24H29BrIN3O4S. The van der Waals surface area contributed by atoms with Crippen LogP contribution in [0.3, 0.4) is 0 Å². The molecule has 0 bridgehead atoms. The lowest BCUT2D eigenvalue weighted by atomic mass is 10.1. The van der Waals surface area contributed by atoms with Crippen LogP contribution in [0.4, 0.5) is 5.69 Å². The number of sulfonamides is 1. The Kier molecular flexibility index (Phi) is 9.39. The molecule has 0 aliphatic heterocycles. The van der Waals surface area contributed by atoms with Gasteiger partial charge in [0.05, 0.1) is 11.9 Å². The summed E-state index contributed by atoms with van der Waals surface area (Å²) in [6.07, 6.45) is 5.12. The number of nitrogens with zero attached hydrogens (tertiary/aromatic N) is 2. The first-order valence-corrected chi connectivity index (χ1v) is 14.8. The molecule has 10 heteroatoms. The van der Waals surface area contributed by atoms with Crippen LogP contribution in [-0.2, 0) is 26.2 Å². The summed E-state index contributed by atoms with van der Waals surface area (Å²) < 4.78 is 28.1. The third kappa shape index (κ3) is 7.42. The Bertz CT molecular complexity index is 1100. The van der Waals surface area contributed by atoms with Crippen LogP contribution >= 0.6 is 38.5 Å². The first-order chi connectivity index (χ1) is 16.0. The van der Waals surface area contributed by atoms with E-state index in [1.165, 1.54) is 4.90 Å². The van der Waals surface area contributed by atoms with E-state index < -0.39 is 28.5 Å². The molecule has 2 aromatic rings. The van der Waals surface area contributed by atoms with Gasteiger partial charge in [0.15, 0.2) is 0 Å². The summed E-state index contributed by atoms with van der Waals surface area (Å²) in [5.41, 5.74) is 1.25. The second-order valence-electron chi connectivity index (χ2n) is 8.56. The number of halogens is 2. The van der Waals surface area contributed by atoms with Crippen molar-refractivity contribution in [2.75, 3.05) is 17.1 Å². The summed E-state index contributed by atoms with van der Waals surface area (Å²) in [4.78, 5) is 28.0. The van der Waals surface area contributed by atoms with Gasteiger partial charge in [-0.15, -0.1) is 0 Å². The topological polar surface area (TPSA) is 86.8 Å². The molecule has 1 aliphatic carbocycles. The lowest BCUT2D eigenvalue weighted by Gasteiger charge is -2.32. The Labute approximate surface area is 223 Å². The normalized spacial score (nSPS) is 15.1. The van der Waals surface area contributed by atoms with Crippen LogP contribution in [0, 0.1) is 3.57 Å². The molecule has 34 heavy (non-hydrogen) atoms. The zero-order valence-corrected chi connectivity index (χ0v) is 23.8. The molecule has 2 amide bonds. The summed E-state index contributed by atoms with van der Waals surface area (Å²) in [7, 11) is -3.73. The van der Waals surface area contributed by atoms with Crippen LogP contribution in [0.2, 0.25) is 0 Å². The van der Waals surface area contributed by atoms with Gasteiger partial charge in [-0.05, 0) is 84.3 Å². The third-order valence-electron chi connectivity index (χ3n) is 5.93. The number of nitrogens with one attached hydrogen (secondary N) is 1. The van der Waals surface area contributed by atoms with E-state index in [-0.39, 0.29) is 18.5 Å². The van der Waals surface area contributed by atoms with Crippen molar-refractivity contribution in [3.05, 3.63) is 62.1 Å². The Balaban J connectivity index is 1.86. The molecule has 2 aromatic carbocycles. The van der Waals surface area contributed by atoms with Gasteiger partial charge in [-0.25, -0.2) is 8.42 Å². The summed E-state index contributed by atoms with van der Waals surface area (Å²) in [5.74, 6) is -0.668. The average molecular weight is 662 g/mol. The van der Waals surface area contributed by atoms with Gasteiger partial charge in [0.2, 0.25) is 21.8 Å². The molecule has 0 aromatic heterocycles. The molecule has 0 radical (unpaired) electrons.